The quantitative estimate of drug-likeness (QED) is 0.190. The molecule has 224 valence electrons. The van der Waals surface area contributed by atoms with Gasteiger partial charge in [-0.2, -0.15) is 0 Å². The first-order valence-corrected chi connectivity index (χ1v) is 17.1. The van der Waals surface area contributed by atoms with Crippen LogP contribution in [0.3, 0.4) is 0 Å². The van der Waals surface area contributed by atoms with Crippen LogP contribution in [-0.4, -0.2) is 18.9 Å². The van der Waals surface area contributed by atoms with Crippen LogP contribution in [0.15, 0.2) is 140 Å². The molecule has 0 aliphatic heterocycles. The van der Waals surface area contributed by atoms with Gasteiger partial charge in [0.25, 0.3) is 0 Å². The predicted octanol–water partition coefficient (Wildman–Crippen LogP) is 11.6. The Bertz CT molecular complexity index is 3140. The van der Waals surface area contributed by atoms with Crippen LogP contribution in [0.5, 0.6) is 0 Å². The molecule has 0 amide bonds. The molecule has 5 heteroatoms. The molecule has 11 aromatic rings. The molecule has 0 aliphatic rings. The fourth-order valence-electron chi connectivity index (χ4n) is 8.01. The summed E-state index contributed by atoms with van der Waals surface area (Å²) in [6.07, 6.45) is 0. The van der Waals surface area contributed by atoms with Crippen molar-refractivity contribution in [1.82, 2.24) is 18.9 Å². The fourth-order valence-corrected chi connectivity index (χ4v) is 9.15. The standard InChI is InChI=1S/C43H26N4S/c1-25-13-2-3-14-26(25)38-42-39(32-19-8-11-24-36(32)48-42)45-43(44-38)47-35-23-12-20-30-28-16-5-4-15-27(28)29-17-6-9-21-33(29)46-34-22-10-7-18-31(34)40(47)41(46)37(30)35/h2-24H,1H3. The number of para-hydroxylation sites is 2. The van der Waals surface area contributed by atoms with E-state index in [4.69, 9.17) is 9.97 Å². The summed E-state index contributed by atoms with van der Waals surface area (Å²) in [5.74, 6) is 0.685. The van der Waals surface area contributed by atoms with E-state index in [-0.39, 0.29) is 0 Å². The van der Waals surface area contributed by atoms with Crippen LogP contribution >= 0.6 is 11.3 Å². The predicted molar refractivity (Wildman–Crippen MR) is 203 cm³/mol. The third kappa shape index (κ3) is 3.33. The van der Waals surface area contributed by atoms with Crippen molar-refractivity contribution in [3.05, 3.63) is 145 Å². The number of nitrogens with zero attached hydrogens (tertiary/aromatic N) is 4. The Hall–Kier alpha value is -6.04. The second-order valence-corrected chi connectivity index (χ2v) is 13.7. The van der Waals surface area contributed by atoms with E-state index >= 15 is 0 Å². The van der Waals surface area contributed by atoms with Crippen LogP contribution < -0.4 is 0 Å². The topological polar surface area (TPSA) is 35.1 Å². The first-order valence-electron chi connectivity index (χ1n) is 16.3. The lowest BCUT2D eigenvalue weighted by atomic mass is 10.0. The summed E-state index contributed by atoms with van der Waals surface area (Å²) in [6, 6.07) is 50.3. The normalized spacial score (nSPS) is 12.3. The summed E-state index contributed by atoms with van der Waals surface area (Å²) < 4.78 is 7.14. The number of benzene rings is 6. The molecule has 0 N–H and O–H groups in total. The number of fused-ring (bicyclic) bond motifs is 11. The monoisotopic (exact) mass is 630 g/mol. The molecule has 0 atom stereocenters. The van der Waals surface area contributed by atoms with Gasteiger partial charge in [-0.3, -0.25) is 4.57 Å². The second-order valence-electron chi connectivity index (χ2n) is 12.6. The van der Waals surface area contributed by atoms with Crippen molar-refractivity contribution in [2.45, 2.75) is 6.92 Å². The van der Waals surface area contributed by atoms with Gasteiger partial charge in [0.15, 0.2) is 0 Å². The minimum atomic E-state index is 0.685. The van der Waals surface area contributed by atoms with Gasteiger partial charge < -0.3 is 4.40 Å². The Morgan fingerprint density at radius 1 is 0.500 bits per heavy atom. The van der Waals surface area contributed by atoms with Gasteiger partial charge in [0.2, 0.25) is 5.95 Å². The summed E-state index contributed by atoms with van der Waals surface area (Å²) in [4.78, 5) is 11.0. The van der Waals surface area contributed by atoms with Crippen molar-refractivity contribution in [3.8, 4) is 17.2 Å². The highest BCUT2D eigenvalue weighted by Gasteiger charge is 2.26. The molecule has 0 fully saturated rings. The lowest BCUT2D eigenvalue weighted by Gasteiger charge is -2.12. The third-order valence-electron chi connectivity index (χ3n) is 10.1. The van der Waals surface area contributed by atoms with Gasteiger partial charge in [0, 0.05) is 31.8 Å². The van der Waals surface area contributed by atoms with Crippen LogP contribution in [0.4, 0.5) is 0 Å². The average Bonchev–Trinajstić information content (AvgIpc) is 3.78. The molecular weight excluding hydrogens is 605 g/mol. The lowest BCUT2D eigenvalue weighted by Crippen LogP contribution is -2.03. The van der Waals surface area contributed by atoms with E-state index in [1.807, 2.05) is 0 Å². The van der Waals surface area contributed by atoms with Gasteiger partial charge in [-0.15, -0.1) is 11.3 Å². The number of rotatable bonds is 2. The maximum atomic E-state index is 5.52. The molecule has 4 nitrogen and oxygen atoms in total. The van der Waals surface area contributed by atoms with E-state index in [0.29, 0.717) is 5.95 Å². The Balaban J connectivity index is 1.43. The molecule has 0 spiro atoms. The molecule has 0 saturated carbocycles. The number of aromatic nitrogens is 4. The summed E-state index contributed by atoms with van der Waals surface area (Å²) in [7, 11) is 0. The number of hydrogen-bond donors (Lipinski definition) is 0. The van der Waals surface area contributed by atoms with Crippen molar-refractivity contribution in [2.75, 3.05) is 0 Å². The van der Waals surface area contributed by atoms with E-state index in [1.54, 1.807) is 11.3 Å². The van der Waals surface area contributed by atoms with E-state index in [0.717, 1.165) is 37.9 Å². The molecule has 0 saturated heterocycles. The summed E-state index contributed by atoms with van der Waals surface area (Å²) in [6.45, 7) is 2.17. The van der Waals surface area contributed by atoms with Crippen LogP contribution in [0.2, 0.25) is 0 Å². The summed E-state index contributed by atoms with van der Waals surface area (Å²) in [5.41, 5.74) is 10.0. The summed E-state index contributed by atoms with van der Waals surface area (Å²) >= 11 is 1.78. The van der Waals surface area contributed by atoms with Crippen molar-refractivity contribution >= 4 is 91.5 Å². The summed E-state index contributed by atoms with van der Waals surface area (Å²) in [5, 5.41) is 8.43. The molecule has 0 radical (unpaired) electrons. The van der Waals surface area contributed by atoms with E-state index in [9.17, 15) is 0 Å². The van der Waals surface area contributed by atoms with Gasteiger partial charge in [0.05, 0.1) is 43.5 Å². The third-order valence-corrected chi connectivity index (χ3v) is 11.2. The van der Waals surface area contributed by atoms with Gasteiger partial charge in [-0.05, 0) is 52.9 Å². The molecule has 6 aromatic carbocycles. The second kappa shape index (κ2) is 9.50. The van der Waals surface area contributed by atoms with E-state index in [2.05, 4.69) is 155 Å². The Kier molecular flexibility index (Phi) is 5.16. The average molecular weight is 631 g/mol. The van der Waals surface area contributed by atoms with Crippen LogP contribution in [0.1, 0.15) is 5.56 Å². The number of thiophene rings is 1. The highest BCUT2D eigenvalue weighted by atomic mass is 32.1. The minimum absolute atomic E-state index is 0.685. The van der Waals surface area contributed by atoms with Gasteiger partial charge >= 0.3 is 0 Å². The fraction of sp³-hybridized carbons (Fsp3) is 0.0233. The molecule has 0 aliphatic carbocycles. The minimum Gasteiger partial charge on any atom is -0.306 e. The smallest absolute Gasteiger partial charge is 0.235 e. The van der Waals surface area contributed by atoms with Gasteiger partial charge in [-0.25, -0.2) is 9.97 Å². The van der Waals surface area contributed by atoms with Crippen molar-refractivity contribution in [3.63, 3.8) is 0 Å². The molecule has 11 rings (SSSR count). The van der Waals surface area contributed by atoms with Gasteiger partial charge in [0.1, 0.15) is 0 Å². The Morgan fingerprint density at radius 3 is 1.92 bits per heavy atom. The van der Waals surface area contributed by atoms with Crippen LogP contribution in [0, 0.1) is 6.92 Å². The van der Waals surface area contributed by atoms with Crippen molar-refractivity contribution in [2.24, 2.45) is 0 Å². The molecule has 5 aromatic heterocycles. The number of hydrogen-bond acceptors (Lipinski definition) is 3. The Morgan fingerprint density at radius 2 is 1.10 bits per heavy atom. The number of aryl methyl sites for hydroxylation is 1. The van der Waals surface area contributed by atoms with Crippen LogP contribution in [0.25, 0.3) is 97.4 Å². The Labute approximate surface area is 278 Å². The van der Waals surface area contributed by atoms with Crippen LogP contribution in [-0.2, 0) is 0 Å². The molecule has 5 heterocycles. The maximum Gasteiger partial charge on any atom is 0.235 e. The first kappa shape index (κ1) is 26.1. The van der Waals surface area contributed by atoms with Gasteiger partial charge in [-0.1, -0.05) is 115 Å². The molecule has 48 heavy (non-hydrogen) atoms. The van der Waals surface area contributed by atoms with E-state index in [1.165, 1.54) is 59.1 Å². The zero-order valence-electron chi connectivity index (χ0n) is 26.0. The molecular formula is C43H26N4S. The largest absolute Gasteiger partial charge is 0.306 e. The maximum absolute atomic E-state index is 5.52. The highest BCUT2D eigenvalue weighted by molar-refractivity contribution is 7.26. The first-order chi connectivity index (χ1) is 23.8. The molecule has 0 bridgehead atoms. The zero-order valence-corrected chi connectivity index (χ0v) is 26.8. The molecule has 0 unspecified atom stereocenters. The van der Waals surface area contributed by atoms with Crippen molar-refractivity contribution < 1.29 is 0 Å². The van der Waals surface area contributed by atoms with E-state index < -0.39 is 0 Å². The zero-order chi connectivity index (χ0) is 31.5. The van der Waals surface area contributed by atoms with Crippen molar-refractivity contribution in [1.29, 1.82) is 0 Å². The lowest BCUT2D eigenvalue weighted by molar-refractivity contribution is 1.02. The SMILES string of the molecule is Cc1ccccc1-c1nc(-n2c3cccc4c5ccccc5c5ccccc5n5c6ccccc6c2c5c43)nc2c1sc1ccccc12. The highest BCUT2D eigenvalue weighted by Crippen LogP contribution is 2.45.